The molecule has 1 aliphatic rings. The topological polar surface area (TPSA) is 49.8 Å². The number of halogens is 1. The van der Waals surface area contributed by atoms with Gasteiger partial charge in [0.25, 0.3) is 0 Å². The number of aliphatic hydroxyl groups is 1. The number of nitrogens with zero attached hydrogens (tertiary/aromatic N) is 1. The lowest BCUT2D eigenvalue weighted by Crippen LogP contribution is -2.30. The van der Waals surface area contributed by atoms with Crippen molar-refractivity contribution in [3.8, 4) is 0 Å². The van der Waals surface area contributed by atoms with Crippen LogP contribution in [-0.4, -0.2) is 36.2 Å². The summed E-state index contributed by atoms with van der Waals surface area (Å²) in [6.45, 7) is 1.51. The fourth-order valence-corrected chi connectivity index (χ4v) is 5.31. The highest BCUT2D eigenvalue weighted by molar-refractivity contribution is 7.17. The number of methoxy groups -OCH3 is 1. The molecule has 1 aliphatic carbocycles. The van der Waals surface area contributed by atoms with Crippen LogP contribution in [0.1, 0.15) is 34.7 Å². The summed E-state index contributed by atoms with van der Waals surface area (Å²) < 4.78 is 5.89. The monoisotopic (exact) mass is 441 g/mol. The Morgan fingerprint density at radius 1 is 1.33 bits per heavy atom. The van der Waals surface area contributed by atoms with Crippen molar-refractivity contribution in [1.29, 1.82) is 0 Å². The van der Waals surface area contributed by atoms with E-state index in [-0.39, 0.29) is 18.6 Å². The minimum atomic E-state index is -0.356. The zero-order chi connectivity index (χ0) is 21.1. The Balaban J connectivity index is 1.58. The summed E-state index contributed by atoms with van der Waals surface area (Å²) in [6, 6.07) is 12.6. The van der Waals surface area contributed by atoms with Gasteiger partial charge < -0.3 is 9.84 Å². The van der Waals surface area contributed by atoms with Crippen molar-refractivity contribution in [1.82, 2.24) is 4.90 Å². The first-order chi connectivity index (χ1) is 14.6. The number of esters is 1. The Hall–Kier alpha value is -2.18. The largest absolute Gasteiger partial charge is 0.466 e. The van der Waals surface area contributed by atoms with Crippen LogP contribution in [0.25, 0.3) is 16.2 Å². The molecular formula is C24H24ClNO3S. The molecule has 4 rings (SSSR count). The molecule has 0 fully saturated rings. The summed E-state index contributed by atoms with van der Waals surface area (Å²) in [7, 11) is 1.38. The van der Waals surface area contributed by atoms with E-state index in [4.69, 9.17) is 11.6 Å². The average Bonchev–Trinajstić information content (AvgIpc) is 3.35. The van der Waals surface area contributed by atoms with Crippen molar-refractivity contribution in [2.45, 2.75) is 25.4 Å². The SMILES string of the molecule is COC(=O)/C=C/c1ccc2c(c1)CCC2N(CCO)Cc1csc2ccc(Cl)cc12. The van der Waals surface area contributed by atoms with E-state index in [1.54, 1.807) is 17.4 Å². The van der Waals surface area contributed by atoms with Crippen LogP contribution >= 0.6 is 22.9 Å². The number of hydrogen-bond donors (Lipinski definition) is 1. The van der Waals surface area contributed by atoms with E-state index in [0.717, 1.165) is 30.0 Å². The maximum atomic E-state index is 11.4. The van der Waals surface area contributed by atoms with E-state index in [1.165, 1.54) is 40.0 Å². The number of thiophene rings is 1. The van der Waals surface area contributed by atoms with E-state index < -0.39 is 0 Å². The van der Waals surface area contributed by atoms with E-state index in [0.29, 0.717) is 6.54 Å². The van der Waals surface area contributed by atoms with Gasteiger partial charge in [-0.05, 0) is 70.1 Å². The molecule has 0 aliphatic heterocycles. The van der Waals surface area contributed by atoms with Gasteiger partial charge in [-0.15, -0.1) is 11.3 Å². The molecule has 3 aromatic rings. The summed E-state index contributed by atoms with van der Waals surface area (Å²) >= 11 is 7.95. The molecule has 1 aromatic heterocycles. The molecule has 1 atom stereocenters. The minimum Gasteiger partial charge on any atom is -0.466 e. The first kappa shape index (κ1) is 21.1. The van der Waals surface area contributed by atoms with Gasteiger partial charge in [0.05, 0.1) is 13.7 Å². The number of hydrogen-bond acceptors (Lipinski definition) is 5. The van der Waals surface area contributed by atoms with E-state index >= 15 is 0 Å². The number of carbonyl (C=O) groups excluding carboxylic acids is 1. The highest BCUT2D eigenvalue weighted by Gasteiger charge is 2.28. The van der Waals surface area contributed by atoms with Crippen LogP contribution in [-0.2, 0) is 22.5 Å². The average molecular weight is 442 g/mol. The summed E-state index contributed by atoms with van der Waals surface area (Å²) in [4.78, 5) is 13.7. The molecule has 0 spiro atoms. The predicted octanol–water partition coefficient (Wildman–Crippen LogP) is 5.22. The number of benzene rings is 2. The van der Waals surface area contributed by atoms with Crippen LogP contribution in [0.15, 0.2) is 47.9 Å². The quantitative estimate of drug-likeness (QED) is 0.403. The molecular weight excluding hydrogens is 418 g/mol. The van der Waals surface area contributed by atoms with Gasteiger partial charge in [0, 0.05) is 34.9 Å². The highest BCUT2D eigenvalue weighted by Crippen LogP contribution is 2.38. The molecule has 1 unspecified atom stereocenters. The van der Waals surface area contributed by atoms with Gasteiger partial charge in [0.1, 0.15) is 0 Å². The molecule has 4 nitrogen and oxygen atoms in total. The van der Waals surface area contributed by atoms with Crippen molar-refractivity contribution in [2.24, 2.45) is 0 Å². The van der Waals surface area contributed by atoms with Crippen molar-refractivity contribution in [2.75, 3.05) is 20.3 Å². The standard InChI is InChI=1S/C24H24ClNO3S/c1-29-24(28)9-3-16-2-6-20-17(12-16)4-7-22(20)26(10-11-27)14-18-15-30-23-8-5-19(25)13-21(18)23/h2-3,5-6,8-9,12-13,15,22,27H,4,7,10-11,14H2,1H3/b9-3+. The fourth-order valence-electron chi connectivity index (χ4n) is 4.20. The number of rotatable bonds is 7. The van der Waals surface area contributed by atoms with Crippen LogP contribution in [0.4, 0.5) is 0 Å². The van der Waals surface area contributed by atoms with Gasteiger partial charge in [0.2, 0.25) is 0 Å². The van der Waals surface area contributed by atoms with Crippen molar-refractivity contribution < 1.29 is 14.6 Å². The number of aliphatic hydroxyl groups excluding tert-OH is 1. The number of fused-ring (bicyclic) bond motifs is 2. The lowest BCUT2D eigenvalue weighted by atomic mass is 10.0. The molecule has 0 radical (unpaired) electrons. The van der Waals surface area contributed by atoms with Crippen LogP contribution in [0.3, 0.4) is 0 Å². The Morgan fingerprint density at radius 2 is 2.20 bits per heavy atom. The van der Waals surface area contributed by atoms with E-state index in [1.807, 2.05) is 18.2 Å². The third-order valence-corrected chi connectivity index (χ3v) is 6.89. The Bertz CT molecular complexity index is 1090. The van der Waals surface area contributed by atoms with E-state index in [2.05, 4.69) is 33.2 Å². The Kier molecular flexibility index (Phi) is 6.54. The third kappa shape index (κ3) is 4.44. The van der Waals surface area contributed by atoms with Gasteiger partial charge in [0.15, 0.2) is 0 Å². The molecule has 0 amide bonds. The van der Waals surface area contributed by atoms with Crippen molar-refractivity contribution in [3.05, 3.63) is 75.1 Å². The molecule has 0 bridgehead atoms. The van der Waals surface area contributed by atoms with Crippen molar-refractivity contribution >= 4 is 45.1 Å². The summed E-state index contributed by atoms with van der Waals surface area (Å²) in [5.41, 5.74) is 4.84. The summed E-state index contributed by atoms with van der Waals surface area (Å²) in [5, 5.41) is 13.8. The smallest absolute Gasteiger partial charge is 0.330 e. The van der Waals surface area contributed by atoms with Gasteiger partial charge in [-0.1, -0.05) is 29.8 Å². The van der Waals surface area contributed by atoms with Crippen LogP contribution < -0.4 is 0 Å². The first-order valence-electron chi connectivity index (χ1n) is 9.98. The third-order valence-electron chi connectivity index (χ3n) is 5.64. The molecule has 0 saturated heterocycles. The second kappa shape index (κ2) is 9.31. The van der Waals surface area contributed by atoms with Crippen molar-refractivity contribution in [3.63, 3.8) is 0 Å². The molecule has 30 heavy (non-hydrogen) atoms. The highest BCUT2D eigenvalue weighted by atomic mass is 35.5. The lowest BCUT2D eigenvalue weighted by Gasteiger charge is -2.29. The van der Waals surface area contributed by atoms with Crippen LogP contribution in [0.5, 0.6) is 0 Å². The number of aryl methyl sites for hydroxylation is 1. The molecule has 6 heteroatoms. The second-order valence-electron chi connectivity index (χ2n) is 7.46. The first-order valence-corrected chi connectivity index (χ1v) is 11.2. The minimum absolute atomic E-state index is 0.120. The fraction of sp³-hybridized carbons (Fsp3) is 0.292. The molecule has 0 saturated carbocycles. The lowest BCUT2D eigenvalue weighted by molar-refractivity contribution is -0.134. The second-order valence-corrected chi connectivity index (χ2v) is 8.81. The maximum Gasteiger partial charge on any atom is 0.330 e. The summed E-state index contributed by atoms with van der Waals surface area (Å²) in [6.07, 6.45) is 5.23. The van der Waals surface area contributed by atoms with Gasteiger partial charge >= 0.3 is 5.97 Å². The predicted molar refractivity (Wildman–Crippen MR) is 123 cm³/mol. The molecule has 1 N–H and O–H groups in total. The summed E-state index contributed by atoms with van der Waals surface area (Å²) in [5.74, 6) is -0.356. The molecule has 1 heterocycles. The number of ether oxygens (including phenoxy) is 1. The zero-order valence-electron chi connectivity index (χ0n) is 16.8. The van der Waals surface area contributed by atoms with Gasteiger partial charge in [-0.2, -0.15) is 0 Å². The maximum absolute atomic E-state index is 11.4. The molecule has 2 aromatic carbocycles. The van der Waals surface area contributed by atoms with E-state index in [9.17, 15) is 9.90 Å². The van der Waals surface area contributed by atoms with Crippen LogP contribution in [0.2, 0.25) is 5.02 Å². The normalized spacial score (nSPS) is 15.9. The number of carbonyl (C=O) groups is 1. The Morgan fingerprint density at radius 3 is 3.00 bits per heavy atom. The van der Waals surface area contributed by atoms with Gasteiger partial charge in [-0.25, -0.2) is 4.79 Å². The zero-order valence-corrected chi connectivity index (χ0v) is 18.4. The van der Waals surface area contributed by atoms with Crippen LogP contribution in [0, 0.1) is 0 Å². The Labute approximate surface area is 185 Å². The van der Waals surface area contributed by atoms with Gasteiger partial charge in [-0.3, -0.25) is 4.90 Å². The molecule has 156 valence electrons.